The second-order valence-electron chi connectivity index (χ2n) is 5.72. The van der Waals surface area contributed by atoms with Gasteiger partial charge < -0.3 is 10.1 Å². The van der Waals surface area contributed by atoms with E-state index in [1.165, 1.54) is 25.7 Å². The smallest absolute Gasteiger partial charge is 0.0593 e. The number of nitrogens with zero attached hydrogens (tertiary/aromatic N) is 1. The molecule has 1 aliphatic carbocycles. The molecule has 3 heteroatoms. The van der Waals surface area contributed by atoms with Crippen molar-refractivity contribution in [2.45, 2.75) is 58.5 Å². The Bertz CT molecular complexity index is 209. The van der Waals surface area contributed by atoms with Crippen LogP contribution >= 0.6 is 0 Å². The van der Waals surface area contributed by atoms with Crippen LogP contribution in [0.25, 0.3) is 0 Å². The summed E-state index contributed by atoms with van der Waals surface area (Å²) < 4.78 is 5.48. The monoisotopic (exact) mass is 256 g/mol. The summed E-state index contributed by atoms with van der Waals surface area (Å²) in [5.74, 6) is 0.865. The highest BCUT2D eigenvalue weighted by Gasteiger charge is 2.30. The number of ether oxygens (including phenoxy) is 1. The predicted molar refractivity (Wildman–Crippen MR) is 78.0 cm³/mol. The molecule has 1 rings (SSSR count). The lowest BCUT2D eigenvalue weighted by atomic mass is 9.82. The summed E-state index contributed by atoms with van der Waals surface area (Å²) in [6, 6.07) is 1.36. The van der Waals surface area contributed by atoms with Gasteiger partial charge in [-0.05, 0) is 52.1 Å². The first-order valence-corrected chi connectivity index (χ1v) is 7.70. The third-order valence-corrected chi connectivity index (χ3v) is 4.09. The highest BCUT2D eigenvalue weighted by Crippen LogP contribution is 2.27. The summed E-state index contributed by atoms with van der Waals surface area (Å²) in [6.07, 6.45) is 5.24. The summed E-state index contributed by atoms with van der Waals surface area (Å²) >= 11 is 0. The molecule has 0 bridgehead atoms. The van der Waals surface area contributed by atoms with Crippen LogP contribution in [0.1, 0.15) is 46.5 Å². The zero-order valence-corrected chi connectivity index (χ0v) is 12.7. The minimum atomic E-state index is 0.674. The number of rotatable bonds is 8. The molecule has 0 aliphatic heterocycles. The third kappa shape index (κ3) is 5.25. The first-order chi connectivity index (χ1) is 8.69. The first kappa shape index (κ1) is 15.9. The van der Waals surface area contributed by atoms with Crippen molar-refractivity contribution < 1.29 is 4.74 Å². The van der Waals surface area contributed by atoms with Crippen LogP contribution in [0.4, 0.5) is 0 Å². The summed E-state index contributed by atoms with van der Waals surface area (Å²) in [7, 11) is 2.25. The molecule has 108 valence electrons. The Morgan fingerprint density at radius 2 is 2.06 bits per heavy atom. The minimum Gasteiger partial charge on any atom is -0.380 e. The van der Waals surface area contributed by atoms with E-state index in [0.717, 1.165) is 32.2 Å². The summed E-state index contributed by atoms with van der Waals surface area (Å²) in [6.45, 7) is 10.6. The molecule has 0 aromatic rings. The van der Waals surface area contributed by atoms with Gasteiger partial charge in [0.25, 0.3) is 0 Å². The predicted octanol–water partition coefficient (Wildman–Crippen LogP) is 2.51. The van der Waals surface area contributed by atoms with Crippen LogP contribution in [0.3, 0.4) is 0 Å². The molecular formula is C15H32N2O. The van der Waals surface area contributed by atoms with Gasteiger partial charge in [-0.1, -0.05) is 13.8 Å². The van der Waals surface area contributed by atoms with Crippen LogP contribution in [0.2, 0.25) is 0 Å². The third-order valence-electron chi connectivity index (χ3n) is 4.09. The van der Waals surface area contributed by atoms with Gasteiger partial charge >= 0.3 is 0 Å². The van der Waals surface area contributed by atoms with Gasteiger partial charge in [0.15, 0.2) is 0 Å². The molecule has 1 aliphatic rings. The van der Waals surface area contributed by atoms with E-state index >= 15 is 0 Å². The zero-order valence-electron chi connectivity index (χ0n) is 12.7. The van der Waals surface area contributed by atoms with Gasteiger partial charge in [0, 0.05) is 25.2 Å². The van der Waals surface area contributed by atoms with Crippen molar-refractivity contribution >= 4 is 0 Å². The molecule has 0 heterocycles. The van der Waals surface area contributed by atoms with Gasteiger partial charge in [0.1, 0.15) is 0 Å². The van der Waals surface area contributed by atoms with Gasteiger partial charge in [0.05, 0.1) is 6.61 Å². The SMILES string of the molecule is CCCNC1CCC(C)CC1N(C)CCOCC. The maximum atomic E-state index is 5.48. The van der Waals surface area contributed by atoms with E-state index in [1.54, 1.807) is 0 Å². The average Bonchev–Trinajstić information content (AvgIpc) is 2.37. The Hall–Kier alpha value is -0.120. The highest BCUT2D eigenvalue weighted by molar-refractivity contribution is 4.89. The van der Waals surface area contributed by atoms with Crippen LogP contribution in [0.5, 0.6) is 0 Å². The molecule has 3 atom stereocenters. The number of likely N-dealkylation sites (N-methyl/N-ethyl adjacent to an activating group) is 1. The standard InChI is InChI=1S/C15H32N2O/c1-5-9-16-14-8-7-13(3)12-15(14)17(4)10-11-18-6-2/h13-16H,5-12H2,1-4H3. The summed E-state index contributed by atoms with van der Waals surface area (Å²) in [5.41, 5.74) is 0. The van der Waals surface area contributed by atoms with Gasteiger partial charge in [-0.25, -0.2) is 0 Å². The lowest BCUT2D eigenvalue weighted by Crippen LogP contribution is -2.52. The Kier molecular flexibility index (Phi) is 7.87. The summed E-state index contributed by atoms with van der Waals surface area (Å²) in [5, 5.41) is 3.73. The molecule has 3 nitrogen and oxygen atoms in total. The van der Waals surface area contributed by atoms with Crippen molar-refractivity contribution in [1.82, 2.24) is 10.2 Å². The second kappa shape index (κ2) is 8.89. The van der Waals surface area contributed by atoms with E-state index < -0.39 is 0 Å². The minimum absolute atomic E-state index is 0.674. The highest BCUT2D eigenvalue weighted by atomic mass is 16.5. The van der Waals surface area contributed by atoms with E-state index in [9.17, 15) is 0 Å². The zero-order chi connectivity index (χ0) is 13.4. The fourth-order valence-electron chi connectivity index (χ4n) is 2.92. The lowest BCUT2D eigenvalue weighted by molar-refractivity contribution is 0.0754. The first-order valence-electron chi connectivity index (χ1n) is 7.70. The van der Waals surface area contributed by atoms with E-state index in [-0.39, 0.29) is 0 Å². The van der Waals surface area contributed by atoms with E-state index in [2.05, 4.69) is 38.0 Å². The Labute approximate surface area is 113 Å². The lowest BCUT2D eigenvalue weighted by Gasteiger charge is -2.41. The van der Waals surface area contributed by atoms with E-state index in [1.807, 2.05) is 0 Å². The molecule has 1 saturated carbocycles. The second-order valence-corrected chi connectivity index (χ2v) is 5.72. The van der Waals surface area contributed by atoms with Crippen molar-refractivity contribution in [3.8, 4) is 0 Å². The molecule has 0 radical (unpaired) electrons. The van der Waals surface area contributed by atoms with Gasteiger partial charge in [-0.3, -0.25) is 4.90 Å². The number of hydrogen-bond donors (Lipinski definition) is 1. The van der Waals surface area contributed by atoms with Crippen LogP contribution in [-0.4, -0.2) is 50.3 Å². The molecule has 18 heavy (non-hydrogen) atoms. The van der Waals surface area contributed by atoms with Crippen molar-refractivity contribution in [3.05, 3.63) is 0 Å². The molecular weight excluding hydrogens is 224 g/mol. The van der Waals surface area contributed by atoms with Crippen LogP contribution in [0.15, 0.2) is 0 Å². The quantitative estimate of drug-likeness (QED) is 0.675. The van der Waals surface area contributed by atoms with E-state index in [4.69, 9.17) is 4.74 Å². The maximum absolute atomic E-state index is 5.48. The molecule has 0 saturated heterocycles. The fraction of sp³-hybridized carbons (Fsp3) is 1.00. The fourth-order valence-corrected chi connectivity index (χ4v) is 2.92. The topological polar surface area (TPSA) is 24.5 Å². The van der Waals surface area contributed by atoms with Crippen LogP contribution < -0.4 is 5.32 Å². The maximum Gasteiger partial charge on any atom is 0.0593 e. The molecule has 0 aromatic heterocycles. The van der Waals surface area contributed by atoms with E-state index in [0.29, 0.717) is 12.1 Å². The number of hydrogen-bond acceptors (Lipinski definition) is 3. The van der Waals surface area contributed by atoms with Crippen LogP contribution in [-0.2, 0) is 4.74 Å². The Morgan fingerprint density at radius 1 is 1.28 bits per heavy atom. The van der Waals surface area contributed by atoms with Gasteiger partial charge in [0.2, 0.25) is 0 Å². The van der Waals surface area contributed by atoms with Crippen LogP contribution in [0, 0.1) is 5.92 Å². The van der Waals surface area contributed by atoms with Gasteiger partial charge in [-0.15, -0.1) is 0 Å². The molecule has 0 amide bonds. The average molecular weight is 256 g/mol. The summed E-state index contributed by atoms with van der Waals surface area (Å²) in [4.78, 5) is 2.50. The molecule has 1 fully saturated rings. The molecule has 3 unspecified atom stereocenters. The molecule has 0 aromatic carbocycles. The molecule has 0 spiro atoms. The Morgan fingerprint density at radius 3 is 2.72 bits per heavy atom. The van der Waals surface area contributed by atoms with Crippen molar-refractivity contribution in [3.63, 3.8) is 0 Å². The van der Waals surface area contributed by atoms with Crippen molar-refractivity contribution in [1.29, 1.82) is 0 Å². The normalized spacial score (nSPS) is 28.8. The molecule has 1 N–H and O–H groups in total. The van der Waals surface area contributed by atoms with Crippen molar-refractivity contribution in [2.75, 3.05) is 33.4 Å². The van der Waals surface area contributed by atoms with Gasteiger partial charge in [-0.2, -0.15) is 0 Å². The Balaban J connectivity index is 2.43. The number of nitrogens with one attached hydrogen (secondary N) is 1. The van der Waals surface area contributed by atoms with Crippen molar-refractivity contribution in [2.24, 2.45) is 5.92 Å². The largest absolute Gasteiger partial charge is 0.380 e.